The van der Waals surface area contributed by atoms with Crippen LogP contribution in [0, 0.1) is 6.92 Å². The molecule has 0 aliphatic rings. The van der Waals surface area contributed by atoms with Gasteiger partial charge in [0.15, 0.2) is 0 Å². The lowest BCUT2D eigenvalue weighted by Gasteiger charge is -2.11. The van der Waals surface area contributed by atoms with Crippen molar-refractivity contribution in [3.63, 3.8) is 0 Å². The number of nitrogens with one attached hydrogen (secondary N) is 1. The van der Waals surface area contributed by atoms with Gasteiger partial charge in [0, 0.05) is 16.6 Å². The molecule has 4 aromatic carbocycles. The van der Waals surface area contributed by atoms with E-state index in [0.717, 1.165) is 33.4 Å². The lowest BCUT2D eigenvalue weighted by Crippen LogP contribution is -2.13. The number of hydrogen-bond acceptors (Lipinski definition) is 4. The Morgan fingerprint density at radius 2 is 1.44 bits per heavy atom. The standard InChI is InChI=1S/C29H22N4O/c1-20-8-7-9-21(18-20)28-19-26(25-12-5-6-13-27(25)31-28)29(34)30-22-14-16-24(17-15-22)33-32-23-10-3-2-4-11-23/h2-19H,1H3,(H,30,34). The molecule has 164 valence electrons. The number of pyridine rings is 1. The molecule has 5 heteroatoms. The second-order valence-electron chi connectivity index (χ2n) is 7.98. The number of hydrogen-bond donors (Lipinski definition) is 1. The molecule has 1 amide bonds. The van der Waals surface area contributed by atoms with Crippen molar-refractivity contribution in [2.24, 2.45) is 10.2 Å². The van der Waals surface area contributed by atoms with Crippen LogP contribution < -0.4 is 5.32 Å². The molecule has 0 aliphatic carbocycles. The Morgan fingerprint density at radius 1 is 0.735 bits per heavy atom. The van der Waals surface area contributed by atoms with Crippen LogP contribution in [0.2, 0.25) is 0 Å². The number of para-hydroxylation sites is 1. The van der Waals surface area contributed by atoms with Gasteiger partial charge in [0.1, 0.15) is 0 Å². The van der Waals surface area contributed by atoms with Crippen LogP contribution in [0.5, 0.6) is 0 Å². The van der Waals surface area contributed by atoms with Crippen LogP contribution in [-0.2, 0) is 0 Å². The first kappa shape index (κ1) is 21.2. The molecule has 5 nitrogen and oxygen atoms in total. The number of anilines is 1. The molecule has 34 heavy (non-hydrogen) atoms. The van der Waals surface area contributed by atoms with Gasteiger partial charge in [-0.3, -0.25) is 4.79 Å². The summed E-state index contributed by atoms with van der Waals surface area (Å²) in [6, 6.07) is 34.5. The van der Waals surface area contributed by atoms with E-state index >= 15 is 0 Å². The van der Waals surface area contributed by atoms with Crippen molar-refractivity contribution in [2.75, 3.05) is 5.32 Å². The van der Waals surface area contributed by atoms with E-state index < -0.39 is 0 Å². The van der Waals surface area contributed by atoms with Crippen molar-refractivity contribution >= 4 is 33.9 Å². The molecule has 1 aromatic heterocycles. The molecule has 5 rings (SSSR count). The summed E-state index contributed by atoms with van der Waals surface area (Å²) >= 11 is 0. The first-order chi connectivity index (χ1) is 16.7. The van der Waals surface area contributed by atoms with Crippen LogP contribution in [0.15, 0.2) is 119 Å². The van der Waals surface area contributed by atoms with Crippen LogP contribution in [0.3, 0.4) is 0 Å². The van der Waals surface area contributed by atoms with Crippen molar-refractivity contribution in [1.82, 2.24) is 4.98 Å². The fourth-order valence-electron chi connectivity index (χ4n) is 3.74. The number of aryl methyl sites for hydroxylation is 1. The third kappa shape index (κ3) is 4.74. The number of benzene rings is 4. The quantitative estimate of drug-likeness (QED) is 0.281. The summed E-state index contributed by atoms with van der Waals surface area (Å²) in [4.78, 5) is 18.1. The largest absolute Gasteiger partial charge is 0.322 e. The van der Waals surface area contributed by atoms with E-state index in [1.54, 1.807) is 0 Å². The average Bonchev–Trinajstić information content (AvgIpc) is 2.88. The van der Waals surface area contributed by atoms with Gasteiger partial charge in [0.2, 0.25) is 0 Å². The molecule has 0 saturated carbocycles. The Bertz CT molecular complexity index is 1490. The first-order valence-electron chi connectivity index (χ1n) is 11.0. The summed E-state index contributed by atoms with van der Waals surface area (Å²) in [5.41, 5.74) is 6.42. The van der Waals surface area contributed by atoms with Gasteiger partial charge >= 0.3 is 0 Å². The third-order valence-electron chi connectivity index (χ3n) is 5.44. The molecule has 0 bridgehead atoms. The van der Waals surface area contributed by atoms with Crippen LogP contribution in [0.4, 0.5) is 17.1 Å². The smallest absolute Gasteiger partial charge is 0.256 e. The number of nitrogens with zero attached hydrogens (tertiary/aromatic N) is 3. The highest BCUT2D eigenvalue weighted by atomic mass is 16.1. The minimum atomic E-state index is -0.189. The molecular formula is C29H22N4O. The van der Waals surface area contributed by atoms with Gasteiger partial charge in [-0.25, -0.2) is 4.98 Å². The molecule has 0 saturated heterocycles. The van der Waals surface area contributed by atoms with Crippen molar-refractivity contribution in [1.29, 1.82) is 0 Å². The highest BCUT2D eigenvalue weighted by molar-refractivity contribution is 6.13. The molecule has 1 N–H and O–H groups in total. The van der Waals surface area contributed by atoms with Gasteiger partial charge in [-0.05, 0) is 61.5 Å². The normalized spacial score (nSPS) is 11.1. The Hall–Kier alpha value is -4.64. The van der Waals surface area contributed by atoms with E-state index in [9.17, 15) is 4.79 Å². The minimum absolute atomic E-state index is 0.189. The van der Waals surface area contributed by atoms with Crippen LogP contribution in [0.1, 0.15) is 15.9 Å². The number of carbonyl (C=O) groups is 1. The van der Waals surface area contributed by atoms with Crippen molar-refractivity contribution in [3.05, 3.63) is 120 Å². The van der Waals surface area contributed by atoms with Gasteiger partial charge in [-0.1, -0.05) is 60.2 Å². The molecule has 5 aromatic rings. The number of carbonyl (C=O) groups excluding carboxylic acids is 1. The minimum Gasteiger partial charge on any atom is -0.322 e. The second kappa shape index (κ2) is 9.46. The maximum atomic E-state index is 13.3. The lowest BCUT2D eigenvalue weighted by atomic mass is 10.0. The number of azo groups is 1. The highest BCUT2D eigenvalue weighted by Gasteiger charge is 2.14. The predicted molar refractivity (Wildman–Crippen MR) is 137 cm³/mol. The molecule has 0 radical (unpaired) electrons. The Labute approximate surface area is 197 Å². The second-order valence-corrected chi connectivity index (χ2v) is 7.98. The maximum absolute atomic E-state index is 13.3. The van der Waals surface area contributed by atoms with E-state index in [4.69, 9.17) is 4.98 Å². The fraction of sp³-hybridized carbons (Fsp3) is 0.0345. The van der Waals surface area contributed by atoms with Gasteiger partial charge < -0.3 is 5.32 Å². The lowest BCUT2D eigenvalue weighted by molar-refractivity contribution is 0.102. The summed E-state index contributed by atoms with van der Waals surface area (Å²) in [7, 11) is 0. The molecule has 1 heterocycles. The van der Waals surface area contributed by atoms with Gasteiger partial charge in [-0.2, -0.15) is 10.2 Å². The number of rotatable bonds is 5. The van der Waals surface area contributed by atoms with Crippen molar-refractivity contribution in [2.45, 2.75) is 6.92 Å². The summed E-state index contributed by atoms with van der Waals surface area (Å²) in [5, 5.41) is 12.3. The van der Waals surface area contributed by atoms with E-state index in [2.05, 4.69) is 21.6 Å². The Morgan fingerprint density at radius 3 is 2.21 bits per heavy atom. The highest BCUT2D eigenvalue weighted by Crippen LogP contribution is 2.27. The average molecular weight is 443 g/mol. The van der Waals surface area contributed by atoms with Gasteiger partial charge in [0.05, 0.1) is 28.1 Å². The molecule has 0 atom stereocenters. The van der Waals surface area contributed by atoms with Crippen molar-refractivity contribution < 1.29 is 4.79 Å². The molecule has 0 aliphatic heterocycles. The Kier molecular flexibility index (Phi) is 5.91. The van der Waals surface area contributed by atoms with Crippen LogP contribution in [0.25, 0.3) is 22.2 Å². The number of fused-ring (bicyclic) bond motifs is 1. The molecular weight excluding hydrogens is 420 g/mol. The zero-order valence-corrected chi connectivity index (χ0v) is 18.6. The fourth-order valence-corrected chi connectivity index (χ4v) is 3.74. The zero-order chi connectivity index (χ0) is 23.3. The number of amides is 1. The number of aromatic nitrogens is 1. The molecule has 0 unspecified atom stereocenters. The predicted octanol–water partition coefficient (Wildman–Crippen LogP) is 7.88. The summed E-state index contributed by atoms with van der Waals surface area (Å²) in [5.74, 6) is -0.189. The summed E-state index contributed by atoms with van der Waals surface area (Å²) < 4.78 is 0. The first-order valence-corrected chi connectivity index (χ1v) is 11.0. The van der Waals surface area contributed by atoms with E-state index in [0.29, 0.717) is 16.9 Å². The topological polar surface area (TPSA) is 66.7 Å². The van der Waals surface area contributed by atoms with Crippen LogP contribution >= 0.6 is 0 Å². The van der Waals surface area contributed by atoms with Gasteiger partial charge in [-0.15, -0.1) is 0 Å². The SMILES string of the molecule is Cc1cccc(-c2cc(C(=O)Nc3ccc(N=Nc4ccccc4)cc3)c3ccccc3n2)c1. The monoisotopic (exact) mass is 442 g/mol. The summed E-state index contributed by atoms with van der Waals surface area (Å²) in [6.07, 6.45) is 0. The molecule has 0 fully saturated rings. The summed E-state index contributed by atoms with van der Waals surface area (Å²) in [6.45, 7) is 2.04. The zero-order valence-electron chi connectivity index (χ0n) is 18.6. The maximum Gasteiger partial charge on any atom is 0.256 e. The van der Waals surface area contributed by atoms with Crippen LogP contribution in [-0.4, -0.2) is 10.9 Å². The van der Waals surface area contributed by atoms with Gasteiger partial charge in [0.25, 0.3) is 5.91 Å². The molecule has 0 spiro atoms. The van der Waals surface area contributed by atoms with E-state index in [-0.39, 0.29) is 5.91 Å². The van der Waals surface area contributed by atoms with Crippen molar-refractivity contribution in [3.8, 4) is 11.3 Å². The third-order valence-corrected chi connectivity index (χ3v) is 5.44. The van der Waals surface area contributed by atoms with E-state index in [1.165, 1.54) is 0 Å². The Balaban J connectivity index is 1.41. The van der Waals surface area contributed by atoms with E-state index in [1.807, 2.05) is 110 Å².